The maximum Gasteiger partial charge on any atom is 0.136 e. The van der Waals surface area contributed by atoms with Crippen LogP contribution >= 0.6 is 11.6 Å². The number of nitrogens with zero attached hydrogens (tertiary/aromatic N) is 2. The number of halogens is 1. The lowest BCUT2D eigenvalue weighted by Gasteiger charge is -2.08. The highest BCUT2D eigenvalue weighted by atomic mass is 35.5. The summed E-state index contributed by atoms with van der Waals surface area (Å²) in [4.78, 5) is 11.3. The van der Waals surface area contributed by atoms with Crippen molar-refractivity contribution >= 4 is 39.6 Å². The van der Waals surface area contributed by atoms with E-state index in [1.807, 2.05) is 25.1 Å². The van der Waals surface area contributed by atoms with Gasteiger partial charge in [-0.3, -0.25) is 5.41 Å². The fourth-order valence-electron chi connectivity index (χ4n) is 2.53. The molecule has 4 N–H and O–H groups in total. The first-order valence-corrected chi connectivity index (χ1v) is 7.41. The molecule has 0 atom stereocenters. The number of nitrogens with two attached hydrogens (primary N) is 1. The van der Waals surface area contributed by atoms with Crippen molar-refractivity contribution in [2.45, 2.75) is 13.8 Å². The summed E-state index contributed by atoms with van der Waals surface area (Å²) in [7, 11) is 0. The van der Waals surface area contributed by atoms with Crippen LogP contribution < -0.4 is 5.73 Å². The molecule has 5 nitrogen and oxygen atoms in total. The van der Waals surface area contributed by atoms with Crippen molar-refractivity contribution in [1.29, 1.82) is 5.41 Å². The van der Waals surface area contributed by atoms with Gasteiger partial charge in [0.05, 0.1) is 27.7 Å². The van der Waals surface area contributed by atoms with Gasteiger partial charge in [0.2, 0.25) is 0 Å². The smallest absolute Gasteiger partial charge is 0.136 e. The molecule has 0 bridgehead atoms. The third-order valence-corrected chi connectivity index (χ3v) is 4.19. The Morgan fingerprint density at radius 3 is 2.74 bits per heavy atom. The fourth-order valence-corrected chi connectivity index (χ4v) is 2.83. The molecule has 0 aliphatic carbocycles. The molecule has 2 heterocycles. The summed E-state index contributed by atoms with van der Waals surface area (Å²) in [5.41, 5.74) is 10.6. The zero-order chi connectivity index (χ0) is 16.7. The zero-order valence-electron chi connectivity index (χ0n) is 12.9. The van der Waals surface area contributed by atoms with E-state index < -0.39 is 0 Å². The Hall–Kier alpha value is -2.66. The number of anilines is 1. The van der Waals surface area contributed by atoms with Crippen molar-refractivity contribution in [3.8, 4) is 0 Å². The summed E-state index contributed by atoms with van der Waals surface area (Å²) in [6.45, 7) is 7.68. The number of fused-ring (bicyclic) bond motifs is 1. The first kappa shape index (κ1) is 15.2. The molecule has 0 saturated heterocycles. The Labute approximate surface area is 138 Å². The van der Waals surface area contributed by atoms with Crippen LogP contribution in [0.4, 0.5) is 5.82 Å². The highest BCUT2D eigenvalue weighted by Gasteiger charge is 2.19. The van der Waals surface area contributed by atoms with Gasteiger partial charge in [-0.2, -0.15) is 0 Å². The second-order valence-electron chi connectivity index (χ2n) is 5.45. The molecule has 0 aliphatic heterocycles. The number of nitrogen functional groups attached to an aromatic ring is 1. The van der Waals surface area contributed by atoms with Crippen LogP contribution in [-0.2, 0) is 0 Å². The molecule has 3 rings (SSSR count). The Balaban J connectivity index is 2.18. The monoisotopic (exact) mass is 325 g/mol. The SMILES string of the molecule is C=C(C)c1ccc2c(Cl)c(C(=N)c3c(C)ncnc3N)[nH]c2c1. The second kappa shape index (κ2) is 5.52. The average Bonchev–Trinajstić information content (AvgIpc) is 2.83. The topological polar surface area (TPSA) is 91.4 Å². The number of H-pyrrole nitrogens is 1. The normalized spacial score (nSPS) is 10.9. The maximum atomic E-state index is 8.47. The highest BCUT2D eigenvalue weighted by Crippen LogP contribution is 2.31. The van der Waals surface area contributed by atoms with Crippen LogP contribution in [0, 0.1) is 12.3 Å². The zero-order valence-corrected chi connectivity index (χ0v) is 13.6. The molecule has 2 aromatic heterocycles. The van der Waals surface area contributed by atoms with E-state index in [9.17, 15) is 0 Å². The molecule has 6 heteroatoms. The summed E-state index contributed by atoms with van der Waals surface area (Å²) < 4.78 is 0. The summed E-state index contributed by atoms with van der Waals surface area (Å²) in [6.07, 6.45) is 1.38. The molecule has 0 unspecified atom stereocenters. The summed E-state index contributed by atoms with van der Waals surface area (Å²) in [5, 5.41) is 9.81. The van der Waals surface area contributed by atoms with Gasteiger partial charge < -0.3 is 10.7 Å². The second-order valence-corrected chi connectivity index (χ2v) is 5.83. The lowest BCUT2D eigenvalue weighted by atomic mass is 10.1. The molecule has 116 valence electrons. The molecule has 0 aliphatic rings. The van der Waals surface area contributed by atoms with Gasteiger partial charge in [0.1, 0.15) is 12.1 Å². The maximum absolute atomic E-state index is 8.47. The van der Waals surface area contributed by atoms with Crippen LogP contribution in [0.1, 0.15) is 29.4 Å². The van der Waals surface area contributed by atoms with Crippen LogP contribution in [0.25, 0.3) is 16.5 Å². The number of rotatable bonds is 3. The van der Waals surface area contributed by atoms with E-state index >= 15 is 0 Å². The summed E-state index contributed by atoms with van der Waals surface area (Å²) >= 11 is 6.46. The van der Waals surface area contributed by atoms with E-state index in [2.05, 4.69) is 21.5 Å². The molecule has 23 heavy (non-hydrogen) atoms. The Morgan fingerprint density at radius 2 is 2.09 bits per heavy atom. The number of nitrogens with one attached hydrogen (secondary N) is 2. The molecule has 0 saturated carbocycles. The van der Waals surface area contributed by atoms with Gasteiger partial charge in [0.25, 0.3) is 0 Å². The van der Waals surface area contributed by atoms with E-state index in [1.54, 1.807) is 6.92 Å². The van der Waals surface area contributed by atoms with Gasteiger partial charge in [-0.25, -0.2) is 9.97 Å². The van der Waals surface area contributed by atoms with Crippen molar-refractivity contribution < 1.29 is 0 Å². The van der Waals surface area contributed by atoms with Crippen molar-refractivity contribution in [1.82, 2.24) is 15.0 Å². The first-order valence-electron chi connectivity index (χ1n) is 7.03. The lowest BCUT2D eigenvalue weighted by molar-refractivity contribution is 1.09. The largest absolute Gasteiger partial charge is 0.383 e. The van der Waals surface area contributed by atoms with Gasteiger partial charge in [-0.05, 0) is 25.5 Å². The van der Waals surface area contributed by atoms with Gasteiger partial charge in [-0.1, -0.05) is 35.9 Å². The highest BCUT2D eigenvalue weighted by molar-refractivity contribution is 6.40. The third kappa shape index (κ3) is 2.49. The number of allylic oxidation sites excluding steroid dienone is 1. The Bertz CT molecular complexity index is 935. The quantitative estimate of drug-likeness (QED) is 0.637. The molecule has 0 spiro atoms. The van der Waals surface area contributed by atoms with E-state index in [4.69, 9.17) is 22.7 Å². The van der Waals surface area contributed by atoms with Crippen LogP contribution in [0.2, 0.25) is 5.02 Å². The number of hydrogen-bond acceptors (Lipinski definition) is 4. The standard InChI is InChI=1S/C17H16ClN5/c1-8(2)10-4-5-11-12(6-10)23-16(14(11)18)15(19)13-9(3)21-7-22-17(13)20/h4-7,19,23H,1H2,2-3H3,(H2,20,21,22). The minimum atomic E-state index is 0.179. The average molecular weight is 326 g/mol. The van der Waals surface area contributed by atoms with E-state index in [0.717, 1.165) is 22.0 Å². The molecule has 0 radical (unpaired) electrons. The van der Waals surface area contributed by atoms with E-state index in [0.29, 0.717) is 22.0 Å². The number of aryl methyl sites for hydroxylation is 1. The minimum absolute atomic E-state index is 0.179. The minimum Gasteiger partial charge on any atom is -0.383 e. The molecule has 0 fully saturated rings. The van der Waals surface area contributed by atoms with Crippen molar-refractivity contribution in [3.05, 3.63) is 58.6 Å². The molecule has 1 aromatic carbocycles. The van der Waals surface area contributed by atoms with Crippen LogP contribution in [-0.4, -0.2) is 20.7 Å². The predicted octanol–water partition coefficient (Wildman–Crippen LogP) is 3.95. The Kier molecular flexibility index (Phi) is 3.66. The predicted molar refractivity (Wildman–Crippen MR) is 95.1 cm³/mol. The van der Waals surface area contributed by atoms with Crippen molar-refractivity contribution in [2.24, 2.45) is 0 Å². The van der Waals surface area contributed by atoms with Gasteiger partial charge in [-0.15, -0.1) is 0 Å². The molecular weight excluding hydrogens is 310 g/mol. The summed E-state index contributed by atoms with van der Waals surface area (Å²) in [6, 6.07) is 5.85. The molecular formula is C17H16ClN5. The fraction of sp³-hybridized carbons (Fsp3) is 0.118. The van der Waals surface area contributed by atoms with Crippen LogP contribution in [0.3, 0.4) is 0 Å². The van der Waals surface area contributed by atoms with Gasteiger partial charge in [0, 0.05) is 10.9 Å². The van der Waals surface area contributed by atoms with Crippen LogP contribution in [0.5, 0.6) is 0 Å². The van der Waals surface area contributed by atoms with E-state index in [-0.39, 0.29) is 11.5 Å². The number of benzene rings is 1. The van der Waals surface area contributed by atoms with Crippen molar-refractivity contribution in [2.75, 3.05) is 5.73 Å². The third-order valence-electron chi connectivity index (χ3n) is 3.79. The summed E-state index contributed by atoms with van der Waals surface area (Å²) in [5.74, 6) is 0.264. The molecule has 3 aromatic rings. The first-order chi connectivity index (χ1) is 10.9. The number of aromatic amines is 1. The van der Waals surface area contributed by atoms with Crippen LogP contribution in [0.15, 0.2) is 31.1 Å². The number of aromatic nitrogens is 3. The van der Waals surface area contributed by atoms with E-state index in [1.165, 1.54) is 6.33 Å². The van der Waals surface area contributed by atoms with Gasteiger partial charge >= 0.3 is 0 Å². The van der Waals surface area contributed by atoms with Crippen molar-refractivity contribution in [3.63, 3.8) is 0 Å². The lowest BCUT2D eigenvalue weighted by Crippen LogP contribution is -2.11. The Morgan fingerprint density at radius 1 is 1.35 bits per heavy atom. The number of hydrogen-bond donors (Lipinski definition) is 3. The van der Waals surface area contributed by atoms with Gasteiger partial charge in [0.15, 0.2) is 0 Å². The molecule has 0 amide bonds.